The van der Waals surface area contributed by atoms with Gasteiger partial charge < -0.3 is 4.74 Å². The Bertz CT molecular complexity index is 887. The summed E-state index contributed by atoms with van der Waals surface area (Å²) in [6, 6.07) is 0. The molecule has 6 rings (SSSR count). The van der Waals surface area contributed by atoms with Crippen LogP contribution in [0.5, 0.6) is 0 Å². The van der Waals surface area contributed by atoms with Gasteiger partial charge in [0.15, 0.2) is 0 Å². The first-order valence-corrected chi connectivity index (χ1v) is 14.3. The summed E-state index contributed by atoms with van der Waals surface area (Å²) >= 11 is 1.93. The fourth-order valence-electron chi connectivity index (χ4n) is 6.02. The second kappa shape index (κ2) is 7.25. The first-order chi connectivity index (χ1) is 14.4. The van der Waals surface area contributed by atoms with Crippen molar-refractivity contribution in [2.45, 2.75) is 47.0 Å². The zero-order valence-corrected chi connectivity index (χ0v) is 19.6. The SMILES string of the molecule is O=C(OC12CC3CC(C1)C1(SCC4(COS(=O)OC4)CS1)C(C3)C2)C(F)(F)S(=O)(=O)O. The predicted molar refractivity (Wildman–Crippen MR) is 109 cm³/mol. The molecule has 4 bridgehead atoms. The molecule has 31 heavy (non-hydrogen) atoms. The molecule has 1 N–H and O–H groups in total. The maximum Gasteiger partial charge on any atom is 0.465 e. The van der Waals surface area contributed by atoms with Crippen molar-refractivity contribution in [3.63, 3.8) is 0 Å². The van der Waals surface area contributed by atoms with Crippen LogP contribution in [0.2, 0.25) is 0 Å². The van der Waals surface area contributed by atoms with Crippen molar-refractivity contribution in [2.75, 3.05) is 24.7 Å². The van der Waals surface area contributed by atoms with Crippen molar-refractivity contribution >= 4 is 51.0 Å². The number of carbonyl (C=O) groups is 1. The van der Waals surface area contributed by atoms with E-state index < -0.39 is 38.3 Å². The topological polar surface area (TPSA) is 116 Å². The van der Waals surface area contributed by atoms with Crippen LogP contribution in [0.4, 0.5) is 8.78 Å². The molecule has 4 aliphatic carbocycles. The van der Waals surface area contributed by atoms with Crippen LogP contribution in [0, 0.1) is 23.2 Å². The molecule has 0 aromatic carbocycles. The number of rotatable bonds is 3. The third kappa shape index (κ3) is 3.59. The zero-order chi connectivity index (χ0) is 22.3. The molecule has 6 aliphatic rings. The molecule has 0 amide bonds. The van der Waals surface area contributed by atoms with Crippen molar-refractivity contribution < 1.29 is 43.9 Å². The van der Waals surface area contributed by atoms with Gasteiger partial charge in [-0.1, -0.05) is 0 Å². The Balaban J connectivity index is 1.33. The molecule has 0 aromatic rings. The van der Waals surface area contributed by atoms with E-state index in [9.17, 15) is 26.2 Å². The van der Waals surface area contributed by atoms with Crippen molar-refractivity contribution in [3.8, 4) is 0 Å². The standard InChI is InChI=1S/C17H22F2O8S4/c18-17(19,31(22,23)24)13(20)27-15-3-10-1-11(4-15)16(12(2-10)5-15)28-8-14(9-29-16)6-25-30(21)26-7-14/h10-12H,1-9H2,(H,22,23,24). The van der Waals surface area contributed by atoms with Crippen LogP contribution in [0.1, 0.15) is 32.1 Å². The number of halogens is 2. The van der Waals surface area contributed by atoms with Crippen LogP contribution in [0.15, 0.2) is 0 Å². The van der Waals surface area contributed by atoms with E-state index in [0.717, 1.165) is 24.3 Å². The molecule has 8 nitrogen and oxygen atoms in total. The number of carbonyl (C=O) groups excluding carboxylic acids is 1. The Labute approximate surface area is 189 Å². The summed E-state index contributed by atoms with van der Waals surface area (Å²) < 4.78 is 85.1. The molecule has 2 aliphatic heterocycles. The van der Waals surface area contributed by atoms with Crippen molar-refractivity contribution in [2.24, 2.45) is 23.2 Å². The summed E-state index contributed by atoms with van der Waals surface area (Å²) in [5.41, 5.74) is -1.33. The fourth-order valence-corrected chi connectivity index (χ4v) is 11.1. The molecular weight excluding hydrogens is 498 g/mol. The smallest absolute Gasteiger partial charge is 0.454 e. The fraction of sp³-hybridized carbons (Fsp3) is 0.941. The Morgan fingerprint density at radius 3 is 2.16 bits per heavy atom. The van der Waals surface area contributed by atoms with Gasteiger partial charge in [-0.2, -0.15) is 21.4 Å². The maximum atomic E-state index is 13.8. The second-order valence-corrected chi connectivity index (χ2v) is 14.5. The number of hydrogen-bond acceptors (Lipinski definition) is 9. The zero-order valence-electron chi connectivity index (χ0n) is 16.3. The lowest BCUT2D eigenvalue weighted by molar-refractivity contribution is -0.202. The minimum Gasteiger partial charge on any atom is -0.454 e. The van der Waals surface area contributed by atoms with E-state index in [1.54, 1.807) is 0 Å². The molecule has 2 unspecified atom stereocenters. The lowest BCUT2D eigenvalue weighted by Gasteiger charge is -2.65. The largest absolute Gasteiger partial charge is 0.465 e. The van der Waals surface area contributed by atoms with Gasteiger partial charge in [-0.3, -0.25) is 12.9 Å². The Morgan fingerprint density at radius 2 is 1.65 bits per heavy atom. The normalized spacial score (nSPS) is 47.1. The molecule has 2 atom stereocenters. The van der Waals surface area contributed by atoms with E-state index >= 15 is 0 Å². The van der Waals surface area contributed by atoms with E-state index in [2.05, 4.69) is 0 Å². The van der Waals surface area contributed by atoms with Gasteiger partial charge in [0.25, 0.3) is 0 Å². The van der Waals surface area contributed by atoms with Crippen LogP contribution in [0.25, 0.3) is 0 Å². The van der Waals surface area contributed by atoms with Crippen LogP contribution in [-0.4, -0.2) is 62.8 Å². The Morgan fingerprint density at radius 1 is 1.10 bits per heavy atom. The molecule has 6 fully saturated rings. The number of hydrogen-bond donors (Lipinski definition) is 1. The summed E-state index contributed by atoms with van der Waals surface area (Å²) in [6.45, 7) is 0.722. The predicted octanol–water partition coefficient (Wildman–Crippen LogP) is 2.38. The Hall–Kier alpha value is 0.01000. The lowest BCUT2D eigenvalue weighted by atomic mass is 9.53. The van der Waals surface area contributed by atoms with E-state index in [1.807, 2.05) is 23.5 Å². The highest BCUT2D eigenvalue weighted by Gasteiger charge is 2.67. The first kappa shape index (κ1) is 22.8. The maximum absolute atomic E-state index is 13.8. The van der Waals surface area contributed by atoms with E-state index in [0.29, 0.717) is 32.5 Å². The minimum atomic E-state index is -5.89. The summed E-state index contributed by atoms with van der Waals surface area (Å²) in [5.74, 6) is -0.157. The number of alkyl halides is 2. The lowest BCUT2D eigenvalue weighted by Crippen LogP contribution is -2.64. The van der Waals surface area contributed by atoms with Crippen LogP contribution in [0.3, 0.4) is 0 Å². The van der Waals surface area contributed by atoms with Gasteiger partial charge in [-0.15, -0.1) is 23.5 Å². The molecule has 14 heteroatoms. The van der Waals surface area contributed by atoms with E-state index in [4.69, 9.17) is 17.7 Å². The summed E-state index contributed by atoms with van der Waals surface area (Å²) in [7, 11) is -5.89. The van der Waals surface area contributed by atoms with Gasteiger partial charge in [-0.25, -0.2) is 4.79 Å². The highest BCUT2D eigenvalue weighted by molar-refractivity contribution is 8.18. The van der Waals surface area contributed by atoms with E-state index in [-0.39, 0.29) is 27.2 Å². The third-order valence-corrected chi connectivity index (χ3v) is 13.2. The first-order valence-electron chi connectivity index (χ1n) is 9.93. The van der Waals surface area contributed by atoms with Gasteiger partial charge in [0.05, 0.1) is 17.3 Å². The average Bonchev–Trinajstić information content (AvgIpc) is 2.68. The molecule has 0 aromatic heterocycles. The van der Waals surface area contributed by atoms with Crippen molar-refractivity contribution in [1.82, 2.24) is 0 Å². The highest BCUT2D eigenvalue weighted by atomic mass is 32.2. The number of thioether (sulfide) groups is 2. The summed E-state index contributed by atoms with van der Waals surface area (Å²) in [5, 5.41) is -4.98. The van der Waals surface area contributed by atoms with Crippen LogP contribution in [-0.2, 0) is 39.4 Å². The Kier molecular flexibility index (Phi) is 5.33. The third-order valence-electron chi connectivity index (χ3n) is 7.27. The van der Waals surface area contributed by atoms with Gasteiger partial charge in [-0.05, 0) is 49.9 Å². The summed E-state index contributed by atoms with van der Waals surface area (Å²) in [6.07, 6.45) is 3.06. The quantitative estimate of drug-likeness (QED) is 0.439. The molecule has 176 valence electrons. The van der Waals surface area contributed by atoms with Crippen molar-refractivity contribution in [3.05, 3.63) is 0 Å². The molecule has 2 spiro atoms. The molecule has 2 saturated heterocycles. The number of esters is 1. The highest BCUT2D eigenvalue weighted by Crippen LogP contribution is 2.71. The molecule has 4 saturated carbocycles. The van der Waals surface area contributed by atoms with Gasteiger partial charge in [0.2, 0.25) is 0 Å². The van der Waals surface area contributed by atoms with Crippen molar-refractivity contribution in [1.29, 1.82) is 0 Å². The molecule has 0 radical (unpaired) electrons. The van der Waals surface area contributed by atoms with Gasteiger partial charge >= 0.3 is 32.7 Å². The van der Waals surface area contributed by atoms with Crippen LogP contribution >= 0.6 is 23.5 Å². The van der Waals surface area contributed by atoms with Gasteiger partial charge in [0.1, 0.15) is 5.60 Å². The van der Waals surface area contributed by atoms with E-state index in [1.165, 1.54) is 0 Å². The molecular formula is C17H22F2O8S4. The second-order valence-electron chi connectivity index (χ2n) is 9.44. The number of ether oxygens (including phenoxy) is 1. The average molecular weight is 521 g/mol. The monoisotopic (exact) mass is 520 g/mol. The summed E-state index contributed by atoms with van der Waals surface area (Å²) in [4.78, 5) is 12.0. The molecule has 2 heterocycles. The van der Waals surface area contributed by atoms with Crippen LogP contribution < -0.4 is 0 Å². The van der Waals surface area contributed by atoms with Gasteiger partial charge in [0, 0.05) is 16.9 Å². The minimum absolute atomic E-state index is 0.125.